The van der Waals surface area contributed by atoms with Crippen LogP contribution >= 0.6 is 11.6 Å². The Kier molecular flexibility index (Phi) is 5.59. The molecule has 3 aromatic carbocycles. The molecule has 0 spiro atoms. The van der Waals surface area contributed by atoms with Crippen molar-refractivity contribution in [3.05, 3.63) is 83.9 Å². The van der Waals surface area contributed by atoms with Crippen LogP contribution in [0.25, 0.3) is 0 Å². The second-order valence-corrected chi connectivity index (χ2v) is 5.61. The van der Waals surface area contributed by atoms with Gasteiger partial charge in [-0.25, -0.2) is 0 Å². The third-order valence-electron chi connectivity index (χ3n) is 3.35. The van der Waals surface area contributed by atoms with Crippen molar-refractivity contribution in [2.75, 3.05) is 18.5 Å². The van der Waals surface area contributed by atoms with E-state index < -0.39 is 0 Å². The van der Waals surface area contributed by atoms with Gasteiger partial charge in [-0.1, -0.05) is 29.8 Å². The summed E-state index contributed by atoms with van der Waals surface area (Å²) in [4.78, 5) is 0. The average Bonchev–Trinajstić information content (AvgIpc) is 2.62. The predicted molar refractivity (Wildman–Crippen MR) is 98.4 cm³/mol. The highest BCUT2D eigenvalue weighted by molar-refractivity contribution is 6.30. The Bertz CT molecular complexity index is 743. The molecule has 0 amide bonds. The van der Waals surface area contributed by atoms with Gasteiger partial charge in [0.15, 0.2) is 0 Å². The Morgan fingerprint density at radius 1 is 0.708 bits per heavy atom. The van der Waals surface area contributed by atoms with Gasteiger partial charge < -0.3 is 14.8 Å². The number of hydrogen-bond acceptors (Lipinski definition) is 3. The standard InChI is InChI=1S/C20H18ClNO2/c21-16-6-10-18(11-7-16)23-15-14-22-17-8-12-20(13-9-17)24-19-4-2-1-3-5-19/h1-13,22H,14-15H2. The summed E-state index contributed by atoms with van der Waals surface area (Å²) in [5.74, 6) is 2.45. The number of anilines is 1. The van der Waals surface area contributed by atoms with Crippen LogP contribution in [0.1, 0.15) is 0 Å². The van der Waals surface area contributed by atoms with E-state index >= 15 is 0 Å². The summed E-state index contributed by atoms with van der Waals surface area (Å²) in [6.45, 7) is 1.28. The minimum Gasteiger partial charge on any atom is -0.492 e. The van der Waals surface area contributed by atoms with Crippen LogP contribution in [-0.4, -0.2) is 13.2 Å². The molecule has 1 N–H and O–H groups in total. The van der Waals surface area contributed by atoms with E-state index in [1.807, 2.05) is 78.9 Å². The first-order valence-electron chi connectivity index (χ1n) is 7.75. The highest BCUT2D eigenvalue weighted by Gasteiger charge is 1.98. The van der Waals surface area contributed by atoms with Gasteiger partial charge in [-0.15, -0.1) is 0 Å². The van der Waals surface area contributed by atoms with Gasteiger partial charge in [0.25, 0.3) is 0 Å². The van der Waals surface area contributed by atoms with Gasteiger partial charge in [0.1, 0.15) is 23.9 Å². The number of ether oxygens (including phenoxy) is 2. The second kappa shape index (κ2) is 8.27. The summed E-state index contributed by atoms with van der Waals surface area (Å²) in [5.41, 5.74) is 1.02. The Morgan fingerprint density at radius 2 is 1.33 bits per heavy atom. The molecule has 24 heavy (non-hydrogen) atoms. The van der Waals surface area contributed by atoms with Crippen LogP contribution in [0.5, 0.6) is 17.2 Å². The van der Waals surface area contributed by atoms with E-state index in [2.05, 4.69) is 5.32 Å². The van der Waals surface area contributed by atoms with E-state index in [1.165, 1.54) is 0 Å². The van der Waals surface area contributed by atoms with Gasteiger partial charge in [-0.2, -0.15) is 0 Å². The largest absolute Gasteiger partial charge is 0.492 e. The van der Waals surface area contributed by atoms with Crippen molar-refractivity contribution in [3.63, 3.8) is 0 Å². The molecule has 0 radical (unpaired) electrons. The fourth-order valence-corrected chi connectivity index (χ4v) is 2.29. The number of benzene rings is 3. The number of rotatable bonds is 7. The molecule has 0 saturated carbocycles. The third kappa shape index (κ3) is 4.93. The van der Waals surface area contributed by atoms with Gasteiger partial charge in [-0.3, -0.25) is 0 Å². The van der Waals surface area contributed by atoms with Crippen LogP contribution in [-0.2, 0) is 0 Å². The van der Waals surface area contributed by atoms with Crippen LogP contribution in [0.3, 0.4) is 0 Å². The minimum absolute atomic E-state index is 0.573. The summed E-state index contributed by atoms with van der Waals surface area (Å²) < 4.78 is 11.4. The summed E-state index contributed by atoms with van der Waals surface area (Å²) in [7, 11) is 0. The van der Waals surface area contributed by atoms with Gasteiger partial charge in [-0.05, 0) is 60.7 Å². The first-order valence-corrected chi connectivity index (χ1v) is 8.12. The number of nitrogens with one attached hydrogen (secondary N) is 1. The van der Waals surface area contributed by atoms with Crippen LogP contribution in [0, 0.1) is 0 Å². The lowest BCUT2D eigenvalue weighted by Gasteiger charge is -2.10. The SMILES string of the molecule is Clc1ccc(OCCNc2ccc(Oc3ccccc3)cc2)cc1. The quantitative estimate of drug-likeness (QED) is 0.566. The molecule has 4 heteroatoms. The van der Waals surface area contributed by atoms with Crippen molar-refractivity contribution in [2.24, 2.45) is 0 Å². The third-order valence-corrected chi connectivity index (χ3v) is 3.60. The lowest BCUT2D eigenvalue weighted by Crippen LogP contribution is -2.11. The first kappa shape index (κ1) is 16.2. The molecule has 122 valence electrons. The maximum Gasteiger partial charge on any atom is 0.127 e. The molecular weight excluding hydrogens is 322 g/mol. The first-order chi connectivity index (χ1) is 11.8. The molecule has 3 aromatic rings. The van der Waals surface area contributed by atoms with Crippen LogP contribution in [0.2, 0.25) is 5.02 Å². The molecular formula is C20H18ClNO2. The van der Waals surface area contributed by atoms with E-state index in [0.29, 0.717) is 18.2 Å². The molecule has 0 atom stereocenters. The van der Waals surface area contributed by atoms with Crippen molar-refractivity contribution in [1.82, 2.24) is 0 Å². The fourth-order valence-electron chi connectivity index (χ4n) is 2.16. The van der Waals surface area contributed by atoms with Crippen LogP contribution in [0.15, 0.2) is 78.9 Å². The number of hydrogen-bond donors (Lipinski definition) is 1. The summed E-state index contributed by atoms with van der Waals surface area (Å²) in [6, 6.07) is 24.9. The predicted octanol–water partition coefficient (Wildman–Crippen LogP) is 5.62. The van der Waals surface area contributed by atoms with Crippen LogP contribution in [0.4, 0.5) is 5.69 Å². The number of para-hydroxylation sites is 1. The zero-order chi connectivity index (χ0) is 16.6. The van der Waals surface area contributed by atoms with E-state index in [0.717, 1.165) is 22.9 Å². The fraction of sp³-hybridized carbons (Fsp3) is 0.100. The maximum absolute atomic E-state index is 5.84. The maximum atomic E-state index is 5.84. The molecule has 0 heterocycles. The average molecular weight is 340 g/mol. The van der Waals surface area contributed by atoms with E-state index in [4.69, 9.17) is 21.1 Å². The molecule has 0 aromatic heterocycles. The number of halogens is 1. The molecule has 0 fully saturated rings. The van der Waals surface area contributed by atoms with E-state index in [9.17, 15) is 0 Å². The van der Waals surface area contributed by atoms with Crippen molar-refractivity contribution < 1.29 is 9.47 Å². The lowest BCUT2D eigenvalue weighted by molar-refractivity contribution is 0.333. The minimum atomic E-state index is 0.573. The van der Waals surface area contributed by atoms with Crippen LogP contribution < -0.4 is 14.8 Å². The molecule has 0 saturated heterocycles. The topological polar surface area (TPSA) is 30.5 Å². The molecule has 3 rings (SSSR count). The lowest BCUT2D eigenvalue weighted by atomic mass is 10.3. The molecule has 0 aliphatic rings. The molecule has 0 bridgehead atoms. The smallest absolute Gasteiger partial charge is 0.127 e. The van der Waals surface area contributed by atoms with Gasteiger partial charge in [0.2, 0.25) is 0 Å². The van der Waals surface area contributed by atoms with Gasteiger partial charge in [0, 0.05) is 17.3 Å². The summed E-state index contributed by atoms with van der Waals surface area (Å²) in [5, 5.41) is 4.02. The molecule has 0 aliphatic heterocycles. The van der Waals surface area contributed by atoms with E-state index in [1.54, 1.807) is 0 Å². The molecule has 0 unspecified atom stereocenters. The second-order valence-electron chi connectivity index (χ2n) is 5.17. The normalized spacial score (nSPS) is 10.2. The Balaban J connectivity index is 1.43. The molecule has 0 aliphatic carbocycles. The van der Waals surface area contributed by atoms with Crippen molar-refractivity contribution >= 4 is 17.3 Å². The van der Waals surface area contributed by atoms with Crippen molar-refractivity contribution in [2.45, 2.75) is 0 Å². The summed E-state index contributed by atoms with van der Waals surface area (Å²) in [6.07, 6.45) is 0. The molecule has 3 nitrogen and oxygen atoms in total. The highest BCUT2D eigenvalue weighted by Crippen LogP contribution is 2.22. The Hall–Kier alpha value is -2.65. The van der Waals surface area contributed by atoms with E-state index in [-0.39, 0.29) is 0 Å². The highest BCUT2D eigenvalue weighted by atomic mass is 35.5. The van der Waals surface area contributed by atoms with Crippen molar-refractivity contribution in [3.8, 4) is 17.2 Å². The van der Waals surface area contributed by atoms with Gasteiger partial charge in [0.05, 0.1) is 0 Å². The summed E-state index contributed by atoms with van der Waals surface area (Å²) >= 11 is 5.84. The Morgan fingerprint density at radius 3 is 2.04 bits per heavy atom. The Labute approximate surface area is 146 Å². The zero-order valence-electron chi connectivity index (χ0n) is 13.1. The van der Waals surface area contributed by atoms with Gasteiger partial charge >= 0.3 is 0 Å². The van der Waals surface area contributed by atoms with Crippen molar-refractivity contribution in [1.29, 1.82) is 0 Å². The zero-order valence-corrected chi connectivity index (χ0v) is 13.9. The monoisotopic (exact) mass is 339 g/mol.